The van der Waals surface area contributed by atoms with E-state index in [0.717, 1.165) is 36.8 Å². The van der Waals surface area contributed by atoms with Gasteiger partial charge in [-0.15, -0.1) is 0 Å². The Kier molecular flexibility index (Phi) is 13.3. The highest BCUT2D eigenvalue weighted by atomic mass is 16.4. The molecule has 28 heavy (non-hydrogen) atoms. The van der Waals surface area contributed by atoms with Gasteiger partial charge in [-0.2, -0.15) is 0 Å². The Morgan fingerprint density at radius 1 is 0.786 bits per heavy atom. The molecule has 0 bridgehead atoms. The molecule has 0 saturated carbocycles. The first-order chi connectivity index (χ1) is 13.6. The number of Topliss-reactive ketones (excluding diaryl/α,β-unsaturated/α-hetero) is 1. The summed E-state index contributed by atoms with van der Waals surface area (Å²) in [6.45, 7) is 4.38. The highest BCUT2D eigenvalue weighted by molar-refractivity contribution is 5.96. The Balaban J connectivity index is 2.40. The van der Waals surface area contributed by atoms with Crippen LogP contribution in [0.25, 0.3) is 0 Å². The summed E-state index contributed by atoms with van der Waals surface area (Å²) in [5.41, 5.74) is 1.71. The molecule has 1 rings (SSSR count). The lowest BCUT2D eigenvalue weighted by molar-refractivity contribution is -0.311. The van der Waals surface area contributed by atoms with E-state index in [4.69, 9.17) is 0 Å². The lowest BCUT2D eigenvalue weighted by Gasteiger charge is -2.18. The second kappa shape index (κ2) is 15.3. The van der Waals surface area contributed by atoms with Crippen molar-refractivity contribution in [2.75, 3.05) is 0 Å². The third-order valence-electron chi connectivity index (χ3n) is 5.50. The number of benzene rings is 1. The lowest BCUT2D eigenvalue weighted by atomic mass is 9.92. The predicted molar refractivity (Wildman–Crippen MR) is 114 cm³/mol. The second-order valence-electron chi connectivity index (χ2n) is 8.06. The standard InChI is InChI=1S/C25H40O3/c1-3-5-7-9-11-12-14-23(25(27)28)20-21-16-18-22(19-17-21)24(26)15-13-10-8-6-4-2/h16-19,23H,3-15,20H2,1-2H3,(H,27,28)/p-1. The first-order valence-electron chi connectivity index (χ1n) is 11.4. The summed E-state index contributed by atoms with van der Waals surface area (Å²) in [6, 6.07) is 7.50. The second-order valence-corrected chi connectivity index (χ2v) is 8.06. The van der Waals surface area contributed by atoms with Crippen molar-refractivity contribution < 1.29 is 14.7 Å². The zero-order chi connectivity index (χ0) is 20.6. The van der Waals surface area contributed by atoms with Gasteiger partial charge in [0.15, 0.2) is 5.78 Å². The summed E-state index contributed by atoms with van der Waals surface area (Å²) >= 11 is 0. The molecule has 1 aromatic carbocycles. The molecule has 3 heteroatoms. The van der Waals surface area contributed by atoms with Gasteiger partial charge < -0.3 is 9.90 Å². The first kappa shape index (κ1) is 24.4. The molecule has 158 valence electrons. The van der Waals surface area contributed by atoms with Gasteiger partial charge in [-0.05, 0) is 24.8 Å². The highest BCUT2D eigenvalue weighted by Crippen LogP contribution is 2.18. The summed E-state index contributed by atoms with van der Waals surface area (Å²) in [6.07, 6.45) is 14.4. The average Bonchev–Trinajstić information content (AvgIpc) is 2.69. The number of hydrogen-bond acceptors (Lipinski definition) is 3. The Morgan fingerprint density at radius 3 is 1.89 bits per heavy atom. The van der Waals surface area contributed by atoms with Crippen molar-refractivity contribution in [1.29, 1.82) is 0 Å². The smallest absolute Gasteiger partial charge is 0.162 e. The molecule has 0 aliphatic carbocycles. The lowest BCUT2D eigenvalue weighted by Crippen LogP contribution is -2.32. The van der Waals surface area contributed by atoms with E-state index in [0.29, 0.717) is 19.3 Å². The molecule has 1 aromatic rings. The topological polar surface area (TPSA) is 57.2 Å². The van der Waals surface area contributed by atoms with Gasteiger partial charge in [0.25, 0.3) is 0 Å². The van der Waals surface area contributed by atoms with Gasteiger partial charge >= 0.3 is 0 Å². The molecular weight excluding hydrogens is 348 g/mol. The molecule has 0 N–H and O–H groups in total. The number of hydrogen-bond donors (Lipinski definition) is 0. The maximum Gasteiger partial charge on any atom is 0.162 e. The minimum absolute atomic E-state index is 0.187. The normalized spacial score (nSPS) is 12.1. The molecular formula is C25H39O3-. The number of unbranched alkanes of at least 4 members (excludes halogenated alkanes) is 9. The Labute approximate surface area is 171 Å². The Morgan fingerprint density at radius 2 is 1.32 bits per heavy atom. The molecule has 0 heterocycles. The third-order valence-corrected chi connectivity index (χ3v) is 5.50. The average molecular weight is 388 g/mol. The monoisotopic (exact) mass is 387 g/mol. The van der Waals surface area contributed by atoms with E-state index in [-0.39, 0.29) is 5.78 Å². The van der Waals surface area contributed by atoms with Gasteiger partial charge in [0.2, 0.25) is 0 Å². The fraction of sp³-hybridized carbons (Fsp3) is 0.680. The van der Waals surface area contributed by atoms with Crippen LogP contribution in [0.3, 0.4) is 0 Å². The van der Waals surface area contributed by atoms with Crippen molar-refractivity contribution in [3.05, 3.63) is 35.4 Å². The number of aliphatic carboxylic acids is 1. The highest BCUT2D eigenvalue weighted by Gasteiger charge is 2.12. The van der Waals surface area contributed by atoms with Crippen molar-refractivity contribution >= 4 is 11.8 Å². The molecule has 1 unspecified atom stereocenters. The van der Waals surface area contributed by atoms with Gasteiger partial charge in [-0.1, -0.05) is 102 Å². The summed E-state index contributed by atoms with van der Waals surface area (Å²) in [5, 5.41) is 11.5. The number of rotatable bonds is 17. The summed E-state index contributed by atoms with van der Waals surface area (Å²) in [7, 11) is 0. The van der Waals surface area contributed by atoms with Crippen molar-refractivity contribution in [2.24, 2.45) is 5.92 Å². The minimum atomic E-state index is -0.958. The number of carboxylic acid groups (broad SMARTS) is 1. The van der Waals surface area contributed by atoms with Crippen molar-refractivity contribution in [3.8, 4) is 0 Å². The quantitative estimate of drug-likeness (QED) is 0.247. The summed E-state index contributed by atoms with van der Waals surface area (Å²) in [5.74, 6) is -1.21. The van der Waals surface area contributed by atoms with Gasteiger partial charge in [0.05, 0.1) is 0 Å². The predicted octanol–water partition coefficient (Wildman–Crippen LogP) is 5.89. The van der Waals surface area contributed by atoms with Crippen LogP contribution < -0.4 is 5.11 Å². The van der Waals surface area contributed by atoms with Gasteiger partial charge in [0.1, 0.15) is 0 Å². The molecule has 0 saturated heterocycles. The first-order valence-corrected chi connectivity index (χ1v) is 11.4. The van der Waals surface area contributed by atoms with Crippen LogP contribution in [-0.4, -0.2) is 11.8 Å². The number of carboxylic acids is 1. The van der Waals surface area contributed by atoms with Crippen LogP contribution in [-0.2, 0) is 11.2 Å². The molecule has 0 aromatic heterocycles. The molecule has 0 aliphatic rings. The fourth-order valence-electron chi connectivity index (χ4n) is 3.62. The number of ketones is 1. The zero-order valence-electron chi connectivity index (χ0n) is 18.0. The van der Waals surface area contributed by atoms with Crippen molar-refractivity contribution in [1.82, 2.24) is 0 Å². The minimum Gasteiger partial charge on any atom is -0.550 e. The molecule has 3 nitrogen and oxygen atoms in total. The molecule has 1 atom stereocenters. The van der Waals surface area contributed by atoms with Gasteiger partial charge in [-0.3, -0.25) is 4.79 Å². The van der Waals surface area contributed by atoms with Crippen LogP contribution in [0.5, 0.6) is 0 Å². The fourth-order valence-corrected chi connectivity index (χ4v) is 3.62. The van der Waals surface area contributed by atoms with Crippen LogP contribution in [0.4, 0.5) is 0 Å². The molecule has 0 spiro atoms. The van der Waals surface area contributed by atoms with Gasteiger partial charge in [-0.25, -0.2) is 0 Å². The van der Waals surface area contributed by atoms with E-state index >= 15 is 0 Å². The van der Waals surface area contributed by atoms with Crippen LogP contribution in [0.2, 0.25) is 0 Å². The van der Waals surface area contributed by atoms with Crippen molar-refractivity contribution in [2.45, 2.75) is 104 Å². The maximum absolute atomic E-state index is 12.3. The largest absolute Gasteiger partial charge is 0.550 e. The van der Waals surface area contributed by atoms with Crippen LogP contribution in [0, 0.1) is 5.92 Å². The Bertz CT molecular complexity index is 547. The van der Waals surface area contributed by atoms with Crippen molar-refractivity contribution in [3.63, 3.8) is 0 Å². The van der Waals surface area contributed by atoms with E-state index in [1.165, 1.54) is 44.9 Å². The Hall–Kier alpha value is -1.64. The van der Waals surface area contributed by atoms with E-state index in [1.807, 2.05) is 24.3 Å². The van der Waals surface area contributed by atoms with Crippen LogP contribution in [0.1, 0.15) is 113 Å². The molecule has 0 fully saturated rings. The maximum atomic E-state index is 12.3. The SMILES string of the molecule is CCCCCCCCC(Cc1ccc(C(=O)CCCCCCC)cc1)C(=O)[O-]. The number of carbonyl (C=O) groups excluding carboxylic acids is 2. The van der Waals surface area contributed by atoms with Gasteiger partial charge in [0, 0.05) is 23.9 Å². The van der Waals surface area contributed by atoms with E-state index in [1.54, 1.807) is 0 Å². The molecule has 0 radical (unpaired) electrons. The van der Waals surface area contributed by atoms with Crippen LogP contribution >= 0.6 is 0 Å². The third kappa shape index (κ3) is 10.6. The number of carbonyl (C=O) groups is 2. The summed E-state index contributed by atoms with van der Waals surface area (Å²) < 4.78 is 0. The molecule has 0 amide bonds. The van der Waals surface area contributed by atoms with E-state index in [2.05, 4.69) is 13.8 Å². The van der Waals surface area contributed by atoms with Crippen LogP contribution in [0.15, 0.2) is 24.3 Å². The van der Waals surface area contributed by atoms with E-state index < -0.39 is 11.9 Å². The zero-order valence-corrected chi connectivity index (χ0v) is 18.0. The summed E-state index contributed by atoms with van der Waals surface area (Å²) in [4.78, 5) is 23.7. The van der Waals surface area contributed by atoms with E-state index in [9.17, 15) is 14.7 Å². The molecule has 0 aliphatic heterocycles.